The standard InChI is InChI=1S/C13H18ClF2N3O2/c14-9-1-2-10(17)11(7-9)18-13(21)3-4-19(5-6-20)8-12(15)16/h1-2,7,12,20H,3-6,8,17H2,(H,18,21). The summed E-state index contributed by atoms with van der Waals surface area (Å²) in [6, 6.07) is 4.67. The first-order valence-corrected chi connectivity index (χ1v) is 6.76. The summed E-state index contributed by atoms with van der Waals surface area (Å²) in [6.45, 7) is -0.503. The summed E-state index contributed by atoms with van der Waals surface area (Å²) < 4.78 is 24.6. The molecule has 8 heteroatoms. The summed E-state index contributed by atoms with van der Waals surface area (Å²) in [7, 11) is 0. The van der Waals surface area contributed by atoms with Crippen molar-refractivity contribution >= 4 is 28.9 Å². The molecule has 0 fully saturated rings. The zero-order chi connectivity index (χ0) is 15.8. The average Bonchev–Trinajstić information content (AvgIpc) is 2.40. The minimum atomic E-state index is -2.51. The molecule has 118 valence electrons. The van der Waals surface area contributed by atoms with Crippen molar-refractivity contribution in [3.8, 4) is 0 Å². The summed E-state index contributed by atoms with van der Waals surface area (Å²) in [6.07, 6.45) is -2.50. The number of carbonyl (C=O) groups is 1. The number of halogens is 3. The summed E-state index contributed by atoms with van der Waals surface area (Å²) in [5.74, 6) is -0.360. The van der Waals surface area contributed by atoms with Crippen molar-refractivity contribution in [1.82, 2.24) is 4.90 Å². The second kappa shape index (κ2) is 8.76. The summed E-state index contributed by atoms with van der Waals surface area (Å²) in [5, 5.41) is 11.8. The van der Waals surface area contributed by atoms with Crippen molar-refractivity contribution in [2.24, 2.45) is 0 Å². The summed E-state index contributed by atoms with van der Waals surface area (Å²) in [4.78, 5) is 13.1. The van der Waals surface area contributed by atoms with Gasteiger partial charge in [-0.15, -0.1) is 0 Å². The van der Waals surface area contributed by atoms with E-state index in [0.29, 0.717) is 16.4 Å². The first-order valence-electron chi connectivity index (χ1n) is 6.38. The predicted octanol–water partition coefficient (Wildman–Crippen LogP) is 1.81. The topological polar surface area (TPSA) is 78.6 Å². The Labute approximate surface area is 126 Å². The smallest absolute Gasteiger partial charge is 0.251 e. The van der Waals surface area contributed by atoms with E-state index in [-0.39, 0.29) is 32.0 Å². The van der Waals surface area contributed by atoms with Crippen LogP contribution >= 0.6 is 11.6 Å². The highest BCUT2D eigenvalue weighted by Gasteiger charge is 2.13. The van der Waals surface area contributed by atoms with Crippen molar-refractivity contribution in [2.75, 3.05) is 37.3 Å². The normalized spacial score (nSPS) is 11.1. The van der Waals surface area contributed by atoms with Gasteiger partial charge in [-0.2, -0.15) is 0 Å². The van der Waals surface area contributed by atoms with Crippen LogP contribution in [0, 0.1) is 0 Å². The highest BCUT2D eigenvalue weighted by atomic mass is 35.5. The molecule has 0 saturated heterocycles. The molecule has 0 radical (unpaired) electrons. The van der Waals surface area contributed by atoms with Crippen LogP contribution < -0.4 is 11.1 Å². The van der Waals surface area contributed by atoms with Crippen LogP contribution in [-0.4, -0.2) is 48.6 Å². The third kappa shape index (κ3) is 6.70. The van der Waals surface area contributed by atoms with E-state index >= 15 is 0 Å². The Morgan fingerprint density at radius 2 is 2.14 bits per heavy atom. The maximum Gasteiger partial charge on any atom is 0.251 e. The molecule has 0 heterocycles. The minimum Gasteiger partial charge on any atom is -0.397 e. The van der Waals surface area contributed by atoms with Crippen LogP contribution in [0.25, 0.3) is 0 Å². The Morgan fingerprint density at radius 1 is 1.43 bits per heavy atom. The maximum absolute atomic E-state index is 12.3. The first kappa shape index (κ1) is 17.6. The highest BCUT2D eigenvalue weighted by Crippen LogP contribution is 2.22. The van der Waals surface area contributed by atoms with Gasteiger partial charge in [0.15, 0.2) is 0 Å². The second-order valence-corrected chi connectivity index (χ2v) is 4.88. The molecule has 0 unspecified atom stereocenters. The number of nitrogens with two attached hydrogens (primary N) is 1. The lowest BCUT2D eigenvalue weighted by molar-refractivity contribution is -0.116. The van der Waals surface area contributed by atoms with Gasteiger partial charge in [-0.3, -0.25) is 9.69 Å². The number of nitrogens with zero attached hydrogens (tertiary/aromatic N) is 1. The third-order valence-corrected chi connectivity index (χ3v) is 2.99. The Bertz CT molecular complexity index is 475. The highest BCUT2D eigenvalue weighted by molar-refractivity contribution is 6.31. The number of alkyl halides is 2. The number of benzene rings is 1. The molecule has 0 aliphatic rings. The van der Waals surface area contributed by atoms with Gasteiger partial charge in [0.05, 0.1) is 24.5 Å². The molecule has 1 aromatic carbocycles. The quantitative estimate of drug-likeness (QED) is 0.638. The molecule has 0 bridgehead atoms. The molecule has 1 amide bonds. The van der Waals surface area contributed by atoms with E-state index in [1.54, 1.807) is 12.1 Å². The van der Waals surface area contributed by atoms with Crippen LogP contribution in [0.15, 0.2) is 18.2 Å². The Kier molecular flexibility index (Phi) is 7.35. The molecule has 0 aliphatic carbocycles. The van der Waals surface area contributed by atoms with E-state index in [9.17, 15) is 13.6 Å². The van der Waals surface area contributed by atoms with Crippen LogP contribution in [0.3, 0.4) is 0 Å². The van der Waals surface area contributed by atoms with Crippen LogP contribution in [0.1, 0.15) is 6.42 Å². The van der Waals surface area contributed by atoms with Crippen LogP contribution in [0.5, 0.6) is 0 Å². The monoisotopic (exact) mass is 321 g/mol. The van der Waals surface area contributed by atoms with E-state index in [4.69, 9.17) is 22.4 Å². The number of amides is 1. The van der Waals surface area contributed by atoms with Crippen LogP contribution in [0.4, 0.5) is 20.2 Å². The molecule has 0 saturated carbocycles. The van der Waals surface area contributed by atoms with E-state index in [0.717, 1.165) is 0 Å². The number of hydrogen-bond acceptors (Lipinski definition) is 4. The zero-order valence-corrected chi connectivity index (χ0v) is 12.1. The fourth-order valence-corrected chi connectivity index (χ4v) is 1.91. The van der Waals surface area contributed by atoms with Gasteiger partial charge in [-0.05, 0) is 18.2 Å². The van der Waals surface area contributed by atoms with Gasteiger partial charge in [-0.1, -0.05) is 11.6 Å². The van der Waals surface area contributed by atoms with E-state index in [1.807, 2.05) is 0 Å². The molecule has 5 nitrogen and oxygen atoms in total. The van der Waals surface area contributed by atoms with Gasteiger partial charge in [0, 0.05) is 24.5 Å². The van der Waals surface area contributed by atoms with Gasteiger partial charge < -0.3 is 16.2 Å². The van der Waals surface area contributed by atoms with Gasteiger partial charge >= 0.3 is 0 Å². The summed E-state index contributed by atoms with van der Waals surface area (Å²) in [5.41, 5.74) is 6.44. The van der Waals surface area contributed by atoms with Crippen molar-refractivity contribution in [3.05, 3.63) is 23.2 Å². The molecular formula is C13H18ClF2N3O2. The number of hydrogen-bond donors (Lipinski definition) is 3. The SMILES string of the molecule is Nc1ccc(Cl)cc1NC(=O)CCN(CCO)CC(F)F. The lowest BCUT2D eigenvalue weighted by Crippen LogP contribution is -2.34. The van der Waals surface area contributed by atoms with Gasteiger partial charge in [0.1, 0.15) is 0 Å². The van der Waals surface area contributed by atoms with E-state index in [2.05, 4.69) is 5.32 Å². The summed E-state index contributed by atoms with van der Waals surface area (Å²) >= 11 is 5.80. The Morgan fingerprint density at radius 3 is 2.76 bits per heavy atom. The number of rotatable bonds is 8. The number of aliphatic hydroxyl groups is 1. The molecule has 0 aromatic heterocycles. The molecule has 0 spiro atoms. The van der Waals surface area contributed by atoms with Gasteiger partial charge in [0.2, 0.25) is 5.91 Å². The molecule has 21 heavy (non-hydrogen) atoms. The lowest BCUT2D eigenvalue weighted by atomic mass is 10.2. The fraction of sp³-hybridized carbons (Fsp3) is 0.462. The van der Waals surface area contributed by atoms with Crippen LogP contribution in [0.2, 0.25) is 5.02 Å². The lowest BCUT2D eigenvalue weighted by Gasteiger charge is -2.20. The predicted molar refractivity (Wildman–Crippen MR) is 78.6 cm³/mol. The van der Waals surface area contributed by atoms with Crippen molar-refractivity contribution in [2.45, 2.75) is 12.8 Å². The van der Waals surface area contributed by atoms with Crippen LogP contribution in [-0.2, 0) is 4.79 Å². The Hall–Kier alpha value is -1.44. The number of aliphatic hydroxyl groups excluding tert-OH is 1. The number of nitrogens with one attached hydrogen (secondary N) is 1. The largest absolute Gasteiger partial charge is 0.397 e. The number of nitrogen functional groups attached to an aromatic ring is 1. The maximum atomic E-state index is 12.3. The molecule has 4 N–H and O–H groups in total. The van der Waals surface area contributed by atoms with Gasteiger partial charge in [-0.25, -0.2) is 8.78 Å². The van der Waals surface area contributed by atoms with E-state index < -0.39 is 13.0 Å². The number of anilines is 2. The Balaban J connectivity index is 2.50. The van der Waals surface area contributed by atoms with Crippen molar-refractivity contribution < 1.29 is 18.7 Å². The molecule has 0 atom stereocenters. The second-order valence-electron chi connectivity index (χ2n) is 4.45. The number of carbonyl (C=O) groups excluding carboxylic acids is 1. The fourth-order valence-electron chi connectivity index (χ4n) is 1.74. The van der Waals surface area contributed by atoms with Crippen molar-refractivity contribution in [3.63, 3.8) is 0 Å². The van der Waals surface area contributed by atoms with Crippen molar-refractivity contribution in [1.29, 1.82) is 0 Å². The molecule has 0 aliphatic heterocycles. The minimum absolute atomic E-state index is 0.0126. The van der Waals surface area contributed by atoms with Gasteiger partial charge in [0.25, 0.3) is 6.43 Å². The third-order valence-electron chi connectivity index (χ3n) is 2.76. The molecular weight excluding hydrogens is 304 g/mol. The van der Waals surface area contributed by atoms with E-state index in [1.165, 1.54) is 11.0 Å². The zero-order valence-electron chi connectivity index (χ0n) is 11.4. The first-order chi connectivity index (χ1) is 9.92. The average molecular weight is 322 g/mol. The molecule has 1 aromatic rings. The molecule has 1 rings (SSSR count).